The number of hydrogen-bond acceptors (Lipinski definition) is 4. The molecule has 1 aromatic carbocycles. The first-order chi connectivity index (χ1) is 9.37. The fraction of sp³-hybridized carbons (Fsp3) is 0.462. The van der Waals surface area contributed by atoms with E-state index in [1.165, 1.54) is 0 Å². The van der Waals surface area contributed by atoms with Crippen molar-refractivity contribution in [3.05, 3.63) is 29.3 Å². The Balaban J connectivity index is 2.24. The molecule has 0 spiro atoms. The summed E-state index contributed by atoms with van der Waals surface area (Å²) in [6.07, 6.45) is 1.09. The summed E-state index contributed by atoms with van der Waals surface area (Å²) < 4.78 is 30.3. The number of anilines is 1. The van der Waals surface area contributed by atoms with Gasteiger partial charge in [0, 0.05) is 18.7 Å². The molecule has 1 aromatic rings. The maximum absolute atomic E-state index is 12.3. The summed E-state index contributed by atoms with van der Waals surface area (Å²) >= 11 is 0. The zero-order valence-electron chi connectivity index (χ0n) is 11.5. The van der Waals surface area contributed by atoms with Crippen LogP contribution in [0.1, 0.15) is 15.9 Å². The largest absolute Gasteiger partial charge is 0.378 e. The van der Waals surface area contributed by atoms with E-state index in [-0.39, 0.29) is 5.91 Å². The summed E-state index contributed by atoms with van der Waals surface area (Å²) in [5.41, 5.74) is 1.68. The highest BCUT2D eigenvalue weighted by Crippen LogP contribution is 2.19. The van der Waals surface area contributed by atoms with E-state index in [1.807, 2.05) is 0 Å². The lowest BCUT2D eigenvalue weighted by molar-refractivity contribution is 0.0303. The minimum atomic E-state index is -3.36. The summed E-state index contributed by atoms with van der Waals surface area (Å²) in [6, 6.07) is 5.02. The number of hydrogen-bond donors (Lipinski definition) is 1. The molecule has 1 saturated heterocycles. The number of amides is 1. The van der Waals surface area contributed by atoms with Crippen molar-refractivity contribution in [3.8, 4) is 0 Å². The van der Waals surface area contributed by atoms with Gasteiger partial charge in [-0.25, -0.2) is 8.42 Å². The molecule has 6 nitrogen and oxygen atoms in total. The number of benzene rings is 1. The van der Waals surface area contributed by atoms with Crippen LogP contribution < -0.4 is 4.72 Å². The van der Waals surface area contributed by atoms with Crippen LogP contribution in [0.3, 0.4) is 0 Å². The number of rotatable bonds is 3. The Kier molecular flexibility index (Phi) is 4.29. The van der Waals surface area contributed by atoms with Crippen LogP contribution in [0.2, 0.25) is 0 Å². The smallest absolute Gasteiger partial charge is 0.254 e. The average Bonchev–Trinajstić information content (AvgIpc) is 2.40. The lowest BCUT2D eigenvalue weighted by Crippen LogP contribution is -2.40. The van der Waals surface area contributed by atoms with Crippen LogP contribution in [0.25, 0.3) is 0 Å². The average molecular weight is 298 g/mol. The third kappa shape index (κ3) is 3.71. The Morgan fingerprint density at radius 2 is 1.95 bits per heavy atom. The standard InChI is InChI=1S/C13H18N2O4S/c1-10-3-4-11(9-12(10)14-20(2,17)18)13(16)15-5-7-19-8-6-15/h3-4,9,14H,5-8H2,1-2H3. The van der Waals surface area contributed by atoms with Gasteiger partial charge in [0.1, 0.15) is 0 Å². The van der Waals surface area contributed by atoms with Crippen molar-refractivity contribution in [2.24, 2.45) is 0 Å². The molecule has 1 aliphatic rings. The number of aryl methyl sites for hydroxylation is 1. The highest BCUT2D eigenvalue weighted by molar-refractivity contribution is 7.92. The molecule has 0 saturated carbocycles. The van der Waals surface area contributed by atoms with Crippen molar-refractivity contribution >= 4 is 21.6 Å². The third-order valence-electron chi connectivity index (χ3n) is 3.08. The molecule has 0 aliphatic carbocycles. The molecular formula is C13H18N2O4S. The maximum atomic E-state index is 12.3. The van der Waals surface area contributed by atoms with Crippen molar-refractivity contribution in [2.45, 2.75) is 6.92 Å². The summed E-state index contributed by atoms with van der Waals surface area (Å²) in [4.78, 5) is 14.0. The van der Waals surface area contributed by atoms with Crippen LogP contribution in [-0.4, -0.2) is 51.8 Å². The minimum absolute atomic E-state index is 0.107. The maximum Gasteiger partial charge on any atom is 0.254 e. The number of carbonyl (C=O) groups is 1. The molecule has 110 valence electrons. The fourth-order valence-electron chi connectivity index (χ4n) is 2.01. The Morgan fingerprint density at radius 1 is 1.30 bits per heavy atom. The quantitative estimate of drug-likeness (QED) is 0.897. The van der Waals surface area contributed by atoms with Crippen molar-refractivity contribution in [3.63, 3.8) is 0 Å². The van der Waals surface area contributed by atoms with E-state index in [9.17, 15) is 13.2 Å². The first-order valence-corrected chi connectivity index (χ1v) is 8.21. The Bertz CT molecular complexity index is 607. The molecule has 0 atom stereocenters. The van der Waals surface area contributed by atoms with E-state index in [0.29, 0.717) is 37.6 Å². The fourth-order valence-corrected chi connectivity index (χ4v) is 2.63. The predicted molar refractivity (Wildman–Crippen MR) is 76.4 cm³/mol. The summed E-state index contributed by atoms with van der Waals surface area (Å²) in [5.74, 6) is -0.107. The molecule has 1 N–H and O–H groups in total. The second-order valence-electron chi connectivity index (χ2n) is 4.81. The second kappa shape index (κ2) is 5.80. The van der Waals surface area contributed by atoms with Crippen LogP contribution in [0.4, 0.5) is 5.69 Å². The highest BCUT2D eigenvalue weighted by Gasteiger charge is 2.19. The van der Waals surface area contributed by atoms with E-state index in [4.69, 9.17) is 4.74 Å². The van der Waals surface area contributed by atoms with Gasteiger partial charge < -0.3 is 9.64 Å². The zero-order chi connectivity index (χ0) is 14.8. The van der Waals surface area contributed by atoms with Crippen molar-refractivity contribution in [1.82, 2.24) is 4.90 Å². The van der Waals surface area contributed by atoms with Crippen molar-refractivity contribution < 1.29 is 17.9 Å². The molecule has 0 unspecified atom stereocenters. The van der Waals surface area contributed by atoms with Gasteiger partial charge in [-0.2, -0.15) is 0 Å². The van der Waals surface area contributed by atoms with Gasteiger partial charge in [-0.3, -0.25) is 9.52 Å². The van der Waals surface area contributed by atoms with Crippen LogP contribution in [0.15, 0.2) is 18.2 Å². The lowest BCUT2D eigenvalue weighted by atomic mass is 10.1. The monoisotopic (exact) mass is 298 g/mol. The number of ether oxygens (including phenoxy) is 1. The molecule has 1 aliphatic heterocycles. The normalized spacial score (nSPS) is 16.0. The van der Waals surface area contributed by atoms with Crippen molar-refractivity contribution in [1.29, 1.82) is 0 Å². The Morgan fingerprint density at radius 3 is 2.55 bits per heavy atom. The summed E-state index contributed by atoms with van der Waals surface area (Å²) in [5, 5.41) is 0. The first-order valence-electron chi connectivity index (χ1n) is 6.32. The van der Waals surface area contributed by atoms with Crippen molar-refractivity contribution in [2.75, 3.05) is 37.3 Å². The molecule has 7 heteroatoms. The van der Waals surface area contributed by atoms with Gasteiger partial charge in [0.2, 0.25) is 10.0 Å². The van der Waals surface area contributed by atoms with E-state index in [2.05, 4.69) is 4.72 Å². The van der Waals surface area contributed by atoms with Crippen LogP contribution >= 0.6 is 0 Å². The second-order valence-corrected chi connectivity index (χ2v) is 6.56. The SMILES string of the molecule is Cc1ccc(C(=O)N2CCOCC2)cc1NS(C)(=O)=O. The molecular weight excluding hydrogens is 280 g/mol. The number of sulfonamides is 1. The van der Waals surface area contributed by atoms with Crippen LogP contribution in [0, 0.1) is 6.92 Å². The van der Waals surface area contributed by atoms with Gasteiger partial charge in [0.25, 0.3) is 5.91 Å². The molecule has 1 heterocycles. The van der Waals surface area contributed by atoms with Gasteiger partial charge in [-0.1, -0.05) is 6.07 Å². The topological polar surface area (TPSA) is 75.7 Å². The minimum Gasteiger partial charge on any atom is -0.378 e. The number of nitrogens with zero attached hydrogens (tertiary/aromatic N) is 1. The molecule has 1 amide bonds. The van der Waals surface area contributed by atoms with E-state index in [1.54, 1.807) is 30.0 Å². The summed E-state index contributed by atoms with van der Waals surface area (Å²) in [6.45, 7) is 3.97. The third-order valence-corrected chi connectivity index (χ3v) is 3.67. The molecule has 0 aromatic heterocycles. The van der Waals surface area contributed by atoms with Gasteiger partial charge in [0.05, 0.1) is 25.2 Å². The Labute approximate surface area is 118 Å². The van der Waals surface area contributed by atoms with E-state index >= 15 is 0 Å². The van der Waals surface area contributed by atoms with Gasteiger partial charge in [-0.05, 0) is 24.6 Å². The molecule has 0 bridgehead atoms. The van der Waals surface area contributed by atoms with Crippen LogP contribution in [0.5, 0.6) is 0 Å². The number of nitrogens with one attached hydrogen (secondary N) is 1. The molecule has 1 fully saturated rings. The molecule has 2 rings (SSSR count). The van der Waals surface area contributed by atoms with Gasteiger partial charge >= 0.3 is 0 Å². The first kappa shape index (κ1) is 14.8. The van der Waals surface area contributed by atoms with E-state index < -0.39 is 10.0 Å². The zero-order valence-corrected chi connectivity index (χ0v) is 12.4. The lowest BCUT2D eigenvalue weighted by Gasteiger charge is -2.27. The van der Waals surface area contributed by atoms with Crippen LogP contribution in [-0.2, 0) is 14.8 Å². The highest BCUT2D eigenvalue weighted by atomic mass is 32.2. The number of morpholine rings is 1. The number of carbonyl (C=O) groups excluding carboxylic acids is 1. The molecule has 20 heavy (non-hydrogen) atoms. The van der Waals surface area contributed by atoms with E-state index in [0.717, 1.165) is 11.8 Å². The summed E-state index contributed by atoms with van der Waals surface area (Å²) in [7, 11) is -3.36. The van der Waals surface area contributed by atoms with Gasteiger partial charge in [0.15, 0.2) is 0 Å². The Hall–Kier alpha value is -1.60. The van der Waals surface area contributed by atoms with Gasteiger partial charge in [-0.15, -0.1) is 0 Å². The molecule has 0 radical (unpaired) electrons. The predicted octanol–water partition coefficient (Wildman–Crippen LogP) is 0.839.